The first-order chi connectivity index (χ1) is 12.1. The number of rotatable bonds is 4. The monoisotopic (exact) mass is 333 g/mol. The molecule has 1 fully saturated rings. The highest BCUT2D eigenvalue weighted by Gasteiger charge is 2.34. The zero-order chi connectivity index (χ0) is 17.4. The molecule has 126 valence electrons. The largest absolute Gasteiger partial charge is 0.451 e. The molecule has 1 aromatic heterocycles. The maximum absolute atomic E-state index is 13.0. The first-order valence-electron chi connectivity index (χ1n) is 8.51. The smallest absolute Gasteiger partial charge is 0.290 e. The van der Waals surface area contributed by atoms with Gasteiger partial charge in [0.15, 0.2) is 11.2 Å². The van der Waals surface area contributed by atoms with E-state index in [1.165, 1.54) is 11.6 Å². The van der Waals surface area contributed by atoms with Crippen LogP contribution in [0, 0.1) is 6.92 Å². The highest BCUT2D eigenvalue weighted by atomic mass is 16.3. The van der Waals surface area contributed by atoms with Crippen molar-refractivity contribution in [3.05, 3.63) is 81.7 Å². The molecule has 3 aromatic rings. The van der Waals surface area contributed by atoms with E-state index in [0.717, 1.165) is 18.4 Å². The van der Waals surface area contributed by atoms with Crippen molar-refractivity contribution in [2.24, 2.45) is 0 Å². The molecule has 1 aliphatic carbocycles. The molecule has 0 atom stereocenters. The predicted molar refractivity (Wildman–Crippen MR) is 96.6 cm³/mol. The first-order valence-corrected chi connectivity index (χ1v) is 8.51. The average molecular weight is 333 g/mol. The van der Waals surface area contributed by atoms with E-state index >= 15 is 0 Å². The van der Waals surface area contributed by atoms with Crippen LogP contribution in [0.1, 0.15) is 34.5 Å². The Morgan fingerprint density at radius 2 is 1.84 bits per heavy atom. The summed E-state index contributed by atoms with van der Waals surface area (Å²) in [5.41, 5.74) is 2.53. The van der Waals surface area contributed by atoms with Crippen LogP contribution in [-0.2, 0) is 6.54 Å². The number of hydrogen-bond donors (Lipinski definition) is 0. The molecule has 1 heterocycles. The van der Waals surface area contributed by atoms with Crippen LogP contribution in [0.25, 0.3) is 11.0 Å². The number of aryl methyl sites for hydroxylation is 1. The zero-order valence-electron chi connectivity index (χ0n) is 14.1. The topological polar surface area (TPSA) is 50.5 Å². The molecule has 4 rings (SSSR count). The van der Waals surface area contributed by atoms with E-state index in [0.29, 0.717) is 17.5 Å². The van der Waals surface area contributed by atoms with Crippen LogP contribution in [0.3, 0.4) is 0 Å². The van der Waals surface area contributed by atoms with E-state index in [2.05, 4.69) is 0 Å². The summed E-state index contributed by atoms with van der Waals surface area (Å²) in [7, 11) is 0. The van der Waals surface area contributed by atoms with Gasteiger partial charge in [0.25, 0.3) is 5.91 Å². The zero-order valence-corrected chi connectivity index (χ0v) is 14.1. The Bertz CT molecular complexity index is 984. The predicted octanol–water partition coefficient (Wildman–Crippen LogP) is 3.91. The fourth-order valence-electron chi connectivity index (χ4n) is 2.99. The molecule has 0 saturated heterocycles. The van der Waals surface area contributed by atoms with Crippen LogP contribution >= 0.6 is 0 Å². The Hall–Kier alpha value is -2.88. The van der Waals surface area contributed by atoms with Crippen molar-refractivity contribution in [2.75, 3.05) is 0 Å². The molecule has 0 spiro atoms. The fraction of sp³-hybridized carbons (Fsp3) is 0.238. The molecule has 2 aromatic carbocycles. The van der Waals surface area contributed by atoms with E-state index in [-0.39, 0.29) is 23.1 Å². The molecule has 25 heavy (non-hydrogen) atoms. The van der Waals surface area contributed by atoms with E-state index < -0.39 is 0 Å². The third-order valence-corrected chi connectivity index (χ3v) is 4.57. The SMILES string of the molecule is Cc1ccc(CN(C(=O)c2cc(=O)c3ccccc3o2)C2CC2)cc1. The van der Waals surface area contributed by atoms with Gasteiger partial charge in [0.2, 0.25) is 0 Å². The van der Waals surface area contributed by atoms with Gasteiger partial charge >= 0.3 is 0 Å². The molecule has 0 N–H and O–H groups in total. The van der Waals surface area contributed by atoms with Crippen molar-refractivity contribution >= 4 is 16.9 Å². The maximum Gasteiger partial charge on any atom is 0.290 e. The van der Waals surface area contributed by atoms with Crippen molar-refractivity contribution in [3.63, 3.8) is 0 Å². The van der Waals surface area contributed by atoms with Gasteiger partial charge in [0.1, 0.15) is 5.58 Å². The van der Waals surface area contributed by atoms with Crippen molar-refractivity contribution in [1.29, 1.82) is 0 Å². The minimum atomic E-state index is -0.217. The second kappa shape index (κ2) is 6.20. The molecule has 1 aliphatic rings. The van der Waals surface area contributed by atoms with Gasteiger partial charge in [-0.25, -0.2) is 0 Å². The second-order valence-corrected chi connectivity index (χ2v) is 6.62. The molecule has 0 unspecified atom stereocenters. The molecule has 4 nitrogen and oxygen atoms in total. The molecular weight excluding hydrogens is 314 g/mol. The number of nitrogens with zero attached hydrogens (tertiary/aromatic N) is 1. The van der Waals surface area contributed by atoms with Crippen LogP contribution < -0.4 is 5.43 Å². The number of para-hydroxylation sites is 1. The molecule has 0 bridgehead atoms. The van der Waals surface area contributed by atoms with Gasteiger partial charge in [-0.2, -0.15) is 0 Å². The van der Waals surface area contributed by atoms with E-state index in [4.69, 9.17) is 4.42 Å². The lowest BCUT2D eigenvalue weighted by Crippen LogP contribution is -2.33. The minimum Gasteiger partial charge on any atom is -0.451 e. The van der Waals surface area contributed by atoms with Gasteiger partial charge in [0, 0.05) is 18.7 Å². The Kier molecular flexibility index (Phi) is 3.88. The number of carbonyl (C=O) groups excluding carboxylic acids is 1. The van der Waals surface area contributed by atoms with Crippen LogP contribution in [0.4, 0.5) is 0 Å². The summed E-state index contributed by atoms with van der Waals surface area (Å²) < 4.78 is 5.73. The molecule has 1 saturated carbocycles. The average Bonchev–Trinajstić information content (AvgIpc) is 3.45. The summed E-state index contributed by atoms with van der Waals surface area (Å²) >= 11 is 0. The van der Waals surface area contributed by atoms with Crippen LogP contribution in [0.2, 0.25) is 0 Å². The summed E-state index contributed by atoms with van der Waals surface area (Å²) in [5, 5.41) is 0.496. The van der Waals surface area contributed by atoms with E-state index in [1.54, 1.807) is 24.3 Å². The Morgan fingerprint density at radius 3 is 2.56 bits per heavy atom. The van der Waals surface area contributed by atoms with Crippen molar-refractivity contribution in [3.8, 4) is 0 Å². The standard InChI is InChI=1S/C21H19NO3/c1-14-6-8-15(9-7-14)13-22(16-10-11-16)21(24)20-12-18(23)17-4-2-3-5-19(17)25-20/h2-9,12,16H,10-11,13H2,1H3. The number of carbonyl (C=O) groups is 1. The van der Waals surface area contributed by atoms with Crippen LogP contribution in [-0.4, -0.2) is 16.8 Å². The van der Waals surface area contributed by atoms with E-state index in [1.807, 2.05) is 36.1 Å². The quantitative estimate of drug-likeness (QED) is 0.727. The lowest BCUT2D eigenvalue weighted by Gasteiger charge is -2.22. The van der Waals surface area contributed by atoms with Crippen molar-refractivity contribution < 1.29 is 9.21 Å². The summed E-state index contributed by atoms with van der Waals surface area (Å²) in [6.45, 7) is 2.57. The lowest BCUT2D eigenvalue weighted by molar-refractivity contribution is 0.0698. The molecular formula is C21H19NO3. The van der Waals surface area contributed by atoms with Gasteiger partial charge in [-0.15, -0.1) is 0 Å². The molecule has 1 amide bonds. The van der Waals surface area contributed by atoms with Crippen LogP contribution in [0.15, 0.2) is 63.8 Å². The van der Waals surface area contributed by atoms with Gasteiger partial charge in [-0.3, -0.25) is 9.59 Å². The highest BCUT2D eigenvalue weighted by molar-refractivity contribution is 5.93. The lowest BCUT2D eigenvalue weighted by atomic mass is 10.1. The minimum absolute atomic E-state index is 0.114. The third-order valence-electron chi connectivity index (χ3n) is 4.57. The summed E-state index contributed by atoms with van der Waals surface area (Å²) in [6, 6.07) is 16.7. The van der Waals surface area contributed by atoms with Gasteiger partial charge < -0.3 is 9.32 Å². The second-order valence-electron chi connectivity index (χ2n) is 6.62. The Balaban J connectivity index is 1.67. The summed E-state index contributed by atoms with van der Waals surface area (Å²) in [5.74, 6) is -0.103. The van der Waals surface area contributed by atoms with Crippen molar-refractivity contribution in [2.45, 2.75) is 32.4 Å². The maximum atomic E-state index is 13.0. The molecule has 4 heteroatoms. The number of amides is 1. The fourth-order valence-corrected chi connectivity index (χ4v) is 2.99. The third kappa shape index (κ3) is 3.20. The summed E-state index contributed by atoms with van der Waals surface area (Å²) in [6.07, 6.45) is 1.99. The van der Waals surface area contributed by atoms with Crippen molar-refractivity contribution in [1.82, 2.24) is 4.90 Å². The number of fused-ring (bicyclic) bond motifs is 1. The number of hydrogen-bond acceptors (Lipinski definition) is 3. The summed E-state index contributed by atoms with van der Waals surface area (Å²) in [4.78, 5) is 27.1. The highest BCUT2D eigenvalue weighted by Crippen LogP contribution is 2.30. The van der Waals surface area contributed by atoms with Gasteiger partial charge in [-0.05, 0) is 37.5 Å². The van der Waals surface area contributed by atoms with Crippen LogP contribution in [0.5, 0.6) is 0 Å². The first kappa shape index (κ1) is 15.6. The molecule has 0 radical (unpaired) electrons. The number of benzene rings is 2. The molecule has 0 aliphatic heterocycles. The Labute approximate surface area is 145 Å². The normalized spacial score (nSPS) is 13.8. The van der Waals surface area contributed by atoms with Gasteiger partial charge in [-0.1, -0.05) is 42.0 Å². The van der Waals surface area contributed by atoms with Gasteiger partial charge in [0.05, 0.1) is 5.39 Å². The van der Waals surface area contributed by atoms with E-state index in [9.17, 15) is 9.59 Å². The Morgan fingerprint density at radius 1 is 1.12 bits per heavy atom.